The number of carbonyl (C=O) groups is 2. The topological polar surface area (TPSA) is 64.1 Å². The Morgan fingerprint density at radius 2 is 1.95 bits per heavy atom. The molecule has 0 spiro atoms. The molecule has 0 aromatic rings. The van der Waals surface area contributed by atoms with Gasteiger partial charge in [-0.3, -0.25) is 0 Å². The van der Waals surface area contributed by atoms with Gasteiger partial charge in [0.15, 0.2) is 0 Å². The van der Waals surface area contributed by atoms with Crippen LogP contribution in [0.3, 0.4) is 0 Å². The molecule has 2 fully saturated rings. The maximum Gasteiger partial charge on any atom is 0.326 e. The van der Waals surface area contributed by atoms with Crippen LogP contribution < -0.4 is 0 Å². The summed E-state index contributed by atoms with van der Waals surface area (Å²) in [5, 5.41) is 9.15. The fourth-order valence-corrected chi connectivity index (χ4v) is 3.21. The van der Waals surface area contributed by atoms with Gasteiger partial charge in [0.2, 0.25) is 0 Å². The second-order valence-electron chi connectivity index (χ2n) is 5.89. The molecule has 19 heavy (non-hydrogen) atoms. The molecular weight excluding hydrogens is 246 g/mol. The van der Waals surface area contributed by atoms with Gasteiger partial charge in [0.1, 0.15) is 6.04 Å². The van der Waals surface area contributed by atoms with E-state index in [4.69, 9.17) is 5.11 Å². The minimum Gasteiger partial charge on any atom is -0.480 e. The molecule has 0 radical (unpaired) electrons. The van der Waals surface area contributed by atoms with E-state index in [0.717, 1.165) is 6.42 Å². The van der Waals surface area contributed by atoms with Crippen molar-refractivity contribution in [2.24, 2.45) is 5.92 Å². The predicted octanol–water partition coefficient (Wildman–Crippen LogP) is 0.537. The van der Waals surface area contributed by atoms with Gasteiger partial charge in [0.25, 0.3) is 0 Å². The first kappa shape index (κ1) is 14.1. The largest absolute Gasteiger partial charge is 0.480 e. The number of nitrogens with zero attached hydrogens (tertiary/aromatic N) is 3. The van der Waals surface area contributed by atoms with E-state index in [2.05, 4.69) is 11.8 Å². The maximum absolute atomic E-state index is 12.4. The third-order valence-electron chi connectivity index (χ3n) is 4.29. The molecule has 2 aliphatic rings. The van der Waals surface area contributed by atoms with Crippen molar-refractivity contribution >= 4 is 12.0 Å². The molecule has 0 aliphatic carbocycles. The predicted molar refractivity (Wildman–Crippen MR) is 71.0 cm³/mol. The van der Waals surface area contributed by atoms with Gasteiger partial charge >= 0.3 is 12.0 Å². The Kier molecular flexibility index (Phi) is 3.99. The van der Waals surface area contributed by atoms with Gasteiger partial charge in [-0.2, -0.15) is 0 Å². The van der Waals surface area contributed by atoms with E-state index in [1.807, 2.05) is 14.1 Å². The van der Waals surface area contributed by atoms with Gasteiger partial charge in [0, 0.05) is 25.7 Å². The summed E-state index contributed by atoms with van der Waals surface area (Å²) in [6.07, 6.45) is 1.35. The third kappa shape index (κ3) is 2.68. The van der Waals surface area contributed by atoms with Gasteiger partial charge in [-0.05, 0) is 32.9 Å². The smallest absolute Gasteiger partial charge is 0.326 e. The lowest BCUT2D eigenvalue weighted by Crippen LogP contribution is -2.48. The number of hydrogen-bond acceptors (Lipinski definition) is 3. The lowest BCUT2D eigenvalue weighted by Gasteiger charge is -2.28. The number of urea groups is 1. The van der Waals surface area contributed by atoms with Gasteiger partial charge in [-0.15, -0.1) is 0 Å². The van der Waals surface area contributed by atoms with Crippen molar-refractivity contribution < 1.29 is 14.7 Å². The first-order valence-electron chi connectivity index (χ1n) is 6.86. The molecule has 3 atom stereocenters. The van der Waals surface area contributed by atoms with E-state index >= 15 is 0 Å². The van der Waals surface area contributed by atoms with Crippen LogP contribution in [0.2, 0.25) is 0 Å². The van der Waals surface area contributed by atoms with E-state index in [9.17, 15) is 9.59 Å². The number of carbonyl (C=O) groups excluding carboxylic acids is 1. The zero-order valence-corrected chi connectivity index (χ0v) is 11.9. The van der Waals surface area contributed by atoms with Crippen molar-refractivity contribution in [3.63, 3.8) is 0 Å². The van der Waals surface area contributed by atoms with Crippen LogP contribution in [-0.4, -0.2) is 77.6 Å². The molecule has 2 amide bonds. The number of likely N-dealkylation sites (tertiary alicyclic amines) is 2. The molecule has 1 N–H and O–H groups in total. The van der Waals surface area contributed by atoms with E-state index in [1.165, 1.54) is 4.90 Å². The quantitative estimate of drug-likeness (QED) is 0.794. The summed E-state index contributed by atoms with van der Waals surface area (Å²) >= 11 is 0. The van der Waals surface area contributed by atoms with Crippen LogP contribution in [-0.2, 0) is 4.79 Å². The summed E-state index contributed by atoms with van der Waals surface area (Å²) in [6.45, 7) is 4.10. The Hall–Kier alpha value is -1.30. The van der Waals surface area contributed by atoms with Crippen molar-refractivity contribution in [1.82, 2.24) is 14.7 Å². The average molecular weight is 269 g/mol. The molecule has 0 aromatic carbocycles. The first-order valence-corrected chi connectivity index (χ1v) is 6.86. The normalized spacial score (nSPS) is 31.3. The van der Waals surface area contributed by atoms with Crippen LogP contribution in [0.15, 0.2) is 0 Å². The van der Waals surface area contributed by atoms with Crippen LogP contribution in [0.25, 0.3) is 0 Å². The lowest BCUT2D eigenvalue weighted by atomic mass is 10.1. The number of amides is 2. The average Bonchev–Trinajstić information content (AvgIpc) is 2.93. The molecule has 2 rings (SSSR count). The van der Waals surface area contributed by atoms with Crippen LogP contribution in [0.4, 0.5) is 4.79 Å². The highest BCUT2D eigenvalue weighted by atomic mass is 16.4. The third-order valence-corrected chi connectivity index (χ3v) is 4.29. The zero-order chi connectivity index (χ0) is 14.2. The highest BCUT2D eigenvalue weighted by Gasteiger charge is 2.40. The monoisotopic (exact) mass is 269 g/mol. The number of rotatable bonds is 2. The summed E-state index contributed by atoms with van der Waals surface area (Å²) in [6, 6.07) is -0.392. The molecule has 6 nitrogen and oxygen atoms in total. The van der Waals surface area contributed by atoms with E-state index in [0.29, 0.717) is 38.0 Å². The number of carboxylic acids is 1. The molecule has 6 heteroatoms. The fourth-order valence-electron chi connectivity index (χ4n) is 3.21. The summed E-state index contributed by atoms with van der Waals surface area (Å²) < 4.78 is 0. The molecule has 108 valence electrons. The second kappa shape index (κ2) is 5.36. The van der Waals surface area contributed by atoms with Crippen LogP contribution in [0.5, 0.6) is 0 Å². The molecule has 2 saturated heterocycles. The van der Waals surface area contributed by atoms with E-state index < -0.39 is 12.0 Å². The first-order chi connectivity index (χ1) is 8.91. The lowest BCUT2D eigenvalue weighted by molar-refractivity contribution is -0.141. The standard InChI is InChI=1S/C13H23N3O3/c1-9-7-15(8-11(9)14(2)3)13(19)16-6-4-5-10(16)12(17)18/h9-11H,4-8H2,1-3H3,(H,17,18)/t9?,10-,11?/m0/s1. The summed E-state index contributed by atoms with van der Waals surface area (Å²) in [4.78, 5) is 29.1. The highest BCUT2D eigenvalue weighted by molar-refractivity contribution is 5.83. The number of likely N-dealkylation sites (N-methyl/N-ethyl adjacent to an activating group) is 1. The maximum atomic E-state index is 12.4. The van der Waals surface area contributed by atoms with Gasteiger partial charge in [0.05, 0.1) is 0 Å². The molecule has 0 bridgehead atoms. The Morgan fingerprint density at radius 3 is 2.47 bits per heavy atom. The summed E-state index contributed by atoms with van der Waals surface area (Å²) in [5.41, 5.74) is 0. The Morgan fingerprint density at radius 1 is 1.26 bits per heavy atom. The van der Waals surface area contributed by atoms with Crippen LogP contribution in [0.1, 0.15) is 19.8 Å². The van der Waals surface area contributed by atoms with Crippen molar-refractivity contribution in [2.75, 3.05) is 33.7 Å². The number of hydrogen-bond donors (Lipinski definition) is 1. The van der Waals surface area contributed by atoms with Crippen LogP contribution >= 0.6 is 0 Å². The van der Waals surface area contributed by atoms with Crippen molar-refractivity contribution in [1.29, 1.82) is 0 Å². The van der Waals surface area contributed by atoms with Gasteiger partial charge in [-0.25, -0.2) is 9.59 Å². The minimum atomic E-state index is -0.887. The Balaban J connectivity index is 2.03. The molecule has 2 unspecified atom stereocenters. The molecule has 0 aromatic heterocycles. The fraction of sp³-hybridized carbons (Fsp3) is 0.846. The number of aliphatic carboxylic acids is 1. The highest BCUT2D eigenvalue weighted by Crippen LogP contribution is 2.25. The SMILES string of the molecule is CC1CN(C(=O)N2CCC[C@H]2C(=O)O)CC1N(C)C. The second-order valence-corrected chi connectivity index (χ2v) is 5.89. The van der Waals surface area contributed by atoms with Crippen molar-refractivity contribution in [2.45, 2.75) is 31.8 Å². The van der Waals surface area contributed by atoms with Gasteiger partial charge in [-0.1, -0.05) is 6.92 Å². The zero-order valence-electron chi connectivity index (χ0n) is 11.9. The van der Waals surface area contributed by atoms with Gasteiger partial charge < -0.3 is 19.8 Å². The molecular formula is C13H23N3O3. The summed E-state index contributed by atoms with van der Waals surface area (Å²) in [7, 11) is 4.04. The molecule has 2 heterocycles. The Bertz CT molecular complexity index is 372. The van der Waals surface area contributed by atoms with Crippen molar-refractivity contribution in [3.05, 3.63) is 0 Å². The van der Waals surface area contributed by atoms with Crippen molar-refractivity contribution in [3.8, 4) is 0 Å². The van der Waals surface area contributed by atoms with E-state index in [1.54, 1.807) is 4.90 Å². The Labute approximate surface area is 114 Å². The van der Waals surface area contributed by atoms with Crippen LogP contribution in [0, 0.1) is 5.92 Å². The van der Waals surface area contributed by atoms with E-state index in [-0.39, 0.29) is 6.03 Å². The summed E-state index contributed by atoms with van der Waals surface area (Å²) in [5.74, 6) is -0.466. The minimum absolute atomic E-state index is 0.110. The molecule has 0 saturated carbocycles. The molecule has 2 aliphatic heterocycles. The number of carboxylic acid groups (broad SMARTS) is 1.